The second kappa shape index (κ2) is 23.7. The third kappa shape index (κ3) is 30.6. The summed E-state index contributed by atoms with van der Waals surface area (Å²) in [5.41, 5.74) is -3.31. The van der Waals surface area contributed by atoms with E-state index in [0.29, 0.717) is 0 Å². The number of aliphatic hydroxyl groups is 2. The zero-order chi connectivity index (χ0) is 21.8. The second-order valence-corrected chi connectivity index (χ2v) is 5.95. The van der Waals surface area contributed by atoms with Crippen molar-refractivity contribution in [2.24, 2.45) is 0 Å². The van der Waals surface area contributed by atoms with E-state index in [-0.39, 0.29) is 52.3 Å². The van der Waals surface area contributed by atoms with Crippen molar-refractivity contribution in [1.29, 1.82) is 0 Å². The molecule has 0 saturated heterocycles. The van der Waals surface area contributed by atoms with Crippen molar-refractivity contribution in [2.75, 3.05) is 13.2 Å². The van der Waals surface area contributed by atoms with Crippen molar-refractivity contribution in [3.8, 4) is 0 Å². The van der Waals surface area contributed by atoms with Gasteiger partial charge < -0.3 is 40.2 Å². The van der Waals surface area contributed by atoms with Crippen LogP contribution in [0.3, 0.4) is 0 Å². The van der Waals surface area contributed by atoms with Crippen LogP contribution in [0.4, 0.5) is 0 Å². The van der Waals surface area contributed by atoms with Crippen LogP contribution in [0.1, 0.15) is 80.1 Å². The monoisotopic (exact) mass is 470 g/mol. The van der Waals surface area contributed by atoms with Crippen LogP contribution in [0.5, 0.6) is 0 Å². The first-order valence-corrected chi connectivity index (χ1v) is 8.88. The molecule has 160 valence electrons. The summed E-state index contributed by atoms with van der Waals surface area (Å²) in [4.78, 5) is 19.8. The van der Waals surface area contributed by atoms with Crippen molar-refractivity contribution in [3.63, 3.8) is 0 Å². The molecule has 0 saturated carbocycles. The summed E-state index contributed by atoms with van der Waals surface area (Å²) in [6, 6.07) is 0. The summed E-state index contributed by atoms with van der Waals surface area (Å²) < 4.78 is 0. The van der Waals surface area contributed by atoms with Crippen molar-refractivity contribution in [2.45, 2.75) is 91.3 Å². The van der Waals surface area contributed by atoms with E-state index in [1.165, 1.54) is 13.8 Å². The SMILES string of the molecule is CCC(C)(O)C(=O)[O-].CCC(C)(O)C(=O)[O-].CCCC[O-].CCCC[O-].[Zr+4]. The molecule has 0 aromatic carbocycles. The molecule has 27 heavy (non-hydrogen) atoms. The zero-order valence-corrected chi connectivity index (χ0v) is 20.0. The molecule has 9 heteroatoms. The number of hydrogen-bond donors (Lipinski definition) is 2. The number of rotatable bonds is 8. The van der Waals surface area contributed by atoms with E-state index in [1.807, 2.05) is 13.8 Å². The van der Waals surface area contributed by atoms with Crippen molar-refractivity contribution in [3.05, 3.63) is 0 Å². The number of carboxylic acids is 2. The summed E-state index contributed by atoms with van der Waals surface area (Å²) in [6.07, 6.45) is 4.08. The first-order valence-electron chi connectivity index (χ1n) is 8.88. The van der Waals surface area contributed by atoms with Crippen molar-refractivity contribution in [1.82, 2.24) is 0 Å². The van der Waals surface area contributed by atoms with Gasteiger partial charge in [-0.05, 0) is 26.7 Å². The van der Waals surface area contributed by atoms with Gasteiger partial charge in [0.05, 0.1) is 11.9 Å². The van der Waals surface area contributed by atoms with Gasteiger partial charge in [-0.15, -0.1) is 13.2 Å². The first-order chi connectivity index (χ1) is 11.8. The van der Waals surface area contributed by atoms with Crippen LogP contribution in [-0.4, -0.2) is 46.6 Å². The molecular formula is C18H36O8Zr. The predicted octanol–water partition coefficient (Wildman–Crippen LogP) is -1.91. The van der Waals surface area contributed by atoms with E-state index in [4.69, 9.17) is 10.2 Å². The maximum absolute atomic E-state index is 9.89. The fraction of sp³-hybridized carbons (Fsp3) is 0.889. The summed E-state index contributed by atoms with van der Waals surface area (Å²) in [7, 11) is 0. The molecule has 0 aromatic heterocycles. The Bertz CT molecular complexity index is 297. The summed E-state index contributed by atoms with van der Waals surface area (Å²) in [6.45, 7) is 9.79. The topological polar surface area (TPSA) is 167 Å². The molecule has 0 spiro atoms. The maximum Gasteiger partial charge on any atom is 4.00 e. The number of carboxylic acid groups (broad SMARTS) is 2. The Balaban J connectivity index is -0.0000000807. The molecule has 2 unspecified atom stereocenters. The maximum atomic E-state index is 9.89. The second-order valence-electron chi connectivity index (χ2n) is 5.95. The molecule has 8 nitrogen and oxygen atoms in total. The summed E-state index contributed by atoms with van der Waals surface area (Å²) >= 11 is 0. The van der Waals surface area contributed by atoms with Crippen molar-refractivity contribution < 1.29 is 66.4 Å². The summed E-state index contributed by atoms with van der Waals surface area (Å²) in [5.74, 6) is -2.83. The van der Waals surface area contributed by atoms with Crippen LogP contribution in [0.25, 0.3) is 0 Å². The number of unbranched alkanes of at least 4 members (excludes halogenated alkanes) is 2. The molecule has 0 aromatic rings. The smallest absolute Gasteiger partial charge is 0.854 e. The van der Waals surface area contributed by atoms with Crippen LogP contribution in [0.2, 0.25) is 0 Å². The molecule has 0 bridgehead atoms. The van der Waals surface area contributed by atoms with Gasteiger partial charge in [-0.1, -0.05) is 53.4 Å². The normalized spacial score (nSPS) is 13.4. The number of hydrogen-bond acceptors (Lipinski definition) is 8. The van der Waals surface area contributed by atoms with E-state index in [9.17, 15) is 30.0 Å². The van der Waals surface area contributed by atoms with E-state index in [2.05, 4.69) is 0 Å². The molecule has 0 fully saturated rings. The van der Waals surface area contributed by atoms with E-state index < -0.39 is 23.1 Å². The Morgan fingerprint density at radius 1 is 0.741 bits per heavy atom. The van der Waals surface area contributed by atoms with Gasteiger partial charge in [0.15, 0.2) is 0 Å². The van der Waals surface area contributed by atoms with Gasteiger partial charge in [-0.2, -0.15) is 0 Å². The van der Waals surface area contributed by atoms with E-state index in [0.717, 1.165) is 25.7 Å². The number of carbonyl (C=O) groups is 2. The van der Waals surface area contributed by atoms with E-state index in [1.54, 1.807) is 13.8 Å². The average Bonchev–Trinajstić information content (AvgIpc) is 2.57. The molecule has 0 radical (unpaired) electrons. The Labute approximate surface area is 182 Å². The van der Waals surface area contributed by atoms with Gasteiger partial charge in [-0.3, -0.25) is 0 Å². The van der Waals surface area contributed by atoms with Gasteiger partial charge in [-0.25, -0.2) is 0 Å². The van der Waals surface area contributed by atoms with Crippen LogP contribution >= 0.6 is 0 Å². The first kappa shape index (κ1) is 37.4. The van der Waals surface area contributed by atoms with E-state index >= 15 is 0 Å². The van der Waals surface area contributed by atoms with Crippen LogP contribution < -0.4 is 20.4 Å². The molecule has 2 atom stereocenters. The third-order valence-electron chi connectivity index (χ3n) is 3.25. The minimum atomic E-state index is -1.65. The average molecular weight is 472 g/mol. The van der Waals surface area contributed by atoms with Gasteiger partial charge in [0.1, 0.15) is 11.2 Å². The molecule has 2 N–H and O–H groups in total. The van der Waals surface area contributed by atoms with Crippen LogP contribution in [-0.2, 0) is 35.8 Å². The molecular weight excluding hydrogens is 435 g/mol. The van der Waals surface area contributed by atoms with Gasteiger partial charge in [0.25, 0.3) is 0 Å². The van der Waals surface area contributed by atoms with Crippen LogP contribution in [0.15, 0.2) is 0 Å². The fourth-order valence-corrected chi connectivity index (χ4v) is 0.577. The quantitative estimate of drug-likeness (QED) is 0.413. The standard InChI is InChI=1S/2C5H10O3.2C4H9O.Zr/c2*1-3-5(2,8)4(6)7;2*1-2-3-4-5;/h2*8H,3H2,1-2H3,(H,6,7);2*2-4H2,1H3;/q;;2*-1;+4/p-2. The minimum absolute atomic E-state index is 0. The van der Waals surface area contributed by atoms with Gasteiger partial charge in [0, 0.05) is 0 Å². The predicted molar refractivity (Wildman–Crippen MR) is 91.4 cm³/mol. The molecule has 0 rings (SSSR count). The Morgan fingerprint density at radius 3 is 0.963 bits per heavy atom. The summed E-state index contributed by atoms with van der Waals surface area (Å²) in [5, 5.41) is 56.3. The number of carbonyl (C=O) groups excluding carboxylic acids is 2. The van der Waals surface area contributed by atoms with Crippen LogP contribution in [0, 0.1) is 0 Å². The Morgan fingerprint density at radius 2 is 0.963 bits per heavy atom. The third-order valence-corrected chi connectivity index (χ3v) is 3.25. The minimum Gasteiger partial charge on any atom is -0.854 e. The Hall–Kier alpha value is -0.337. The zero-order valence-electron chi connectivity index (χ0n) is 17.5. The molecule has 0 aliphatic rings. The largest absolute Gasteiger partial charge is 4.00 e. The molecule has 0 aliphatic heterocycles. The fourth-order valence-electron chi connectivity index (χ4n) is 0.577. The van der Waals surface area contributed by atoms with Gasteiger partial charge >= 0.3 is 26.2 Å². The molecule has 0 aliphatic carbocycles. The number of aliphatic carboxylic acids is 2. The van der Waals surface area contributed by atoms with Crippen molar-refractivity contribution >= 4 is 11.9 Å². The van der Waals surface area contributed by atoms with Gasteiger partial charge in [0.2, 0.25) is 0 Å². The Kier molecular flexibility index (Phi) is 32.8. The molecule has 0 heterocycles. The molecule has 0 amide bonds.